The maximum absolute atomic E-state index is 10.3. The second-order valence-corrected chi connectivity index (χ2v) is 2.38. The van der Waals surface area contributed by atoms with Gasteiger partial charge in [-0.15, -0.1) is 0 Å². The summed E-state index contributed by atoms with van der Waals surface area (Å²) in [7, 11) is 0. The molecule has 5 nitrogen and oxygen atoms in total. The van der Waals surface area contributed by atoms with Crippen LogP contribution >= 0.6 is 0 Å². The lowest BCUT2D eigenvalue weighted by Crippen LogP contribution is -2.13. The Morgan fingerprint density at radius 1 is 1.69 bits per heavy atom. The highest BCUT2D eigenvalue weighted by atomic mass is 16.5. The molecule has 0 fully saturated rings. The van der Waals surface area contributed by atoms with E-state index in [4.69, 9.17) is 10.8 Å². The van der Waals surface area contributed by atoms with Crippen LogP contribution in [0.3, 0.4) is 0 Å². The predicted molar refractivity (Wildman–Crippen MR) is 44.5 cm³/mol. The first-order chi connectivity index (χ1) is 6.24. The smallest absolute Gasteiger partial charge is 0.404 e. The summed E-state index contributed by atoms with van der Waals surface area (Å²) in [6.45, 7) is -0.142. The molecule has 0 aliphatic rings. The monoisotopic (exact) mass is 182 g/mol. The van der Waals surface area contributed by atoms with Gasteiger partial charge in [-0.05, 0) is 6.07 Å². The number of hydrogen-bond acceptors (Lipinski definition) is 4. The highest BCUT2D eigenvalue weighted by Crippen LogP contribution is 2.06. The van der Waals surface area contributed by atoms with E-state index < -0.39 is 6.09 Å². The number of nitrogens with two attached hydrogens (primary N) is 1. The zero-order valence-electron chi connectivity index (χ0n) is 6.93. The van der Waals surface area contributed by atoms with Gasteiger partial charge in [-0.3, -0.25) is 4.98 Å². The van der Waals surface area contributed by atoms with E-state index in [1.165, 1.54) is 0 Å². The Morgan fingerprint density at radius 2 is 2.46 bits per heavy atom. The van der Waals surface area contributed by atoms with Crippen molar-refractivity contribution in [2.45, 2.75) is 13.2 Å². The van der Waals surface area contributed by atoms with E-state index in [1.54, 1.807) is 18.3 Å². The normalized spacial score (nSPS) is 9.62. The van der Waals surface area contributed by atoms with Crippen molar-refractivity contribution in [2.24, 2.45) is 5.73 Å². The molecule has 0 aliphatic carbocycles. The van der Waals surface area contributed by atoms with Crippen LogP contribution in [0.5, 0.6) is 0 Å². The average molecular weight is 182 g/mol. The van der Waals surface area contributed by atoms with Crippen LogP contribution < -0.4 is 5.73 Å². The number of primary amides is 1. The van der Waals surface area contributed by atoms with Gasteiger partial charge < -0.3 is 15.6 Å². The molecule has 0 radical (unpaired) electrons. The minimum absolute atomic E-state index is 0.0407. The summed E-state index contributed by atoms with van der Waals surface area (Å²) in [5.74, 6) is 0. The van der Waals surface area contributed by atoms with E-state index in [0.717, 1.165) is 0 Å². The summed E-state index contributed by atoms with van der Waals surface area (Å²) in [6.07, 6.45) is 0.715. The number of aliphatic hydroxyl groups excluding tert-OH is 1. The van der Waals surface area contributed by atoms with Crippen LogP contribution in [0.4, 0.5) is 4.79 Å². The second kappa shape index (κ2) is 4.42. The number of aliphatic hydroxyl groups is 1. The number of nitrogens with zero attached hydrogens (tertiary/aromatic N) is 1. The molecule has 1 aromatic rings. The summed E-state index contributed by atoms with van der Waals surface area (Å²) in [5.41, 5.74) is 5.93. The molecule has 0 saturated carbocycles. The van der Waals surface area contributed by atoms with Crippen molar-refractivity contribution in [3.05, 3.63) is 29.6 Å². The molecule has 0 spiro atoms. The molecule has 0 unspecified atom stereocenters. The molecule has 0 bridgehead atoms. The SMILES string of the molecule is NC(=O)OCc1cccnc1CO. The fraction of sp³-hybridized carbons (Fsp3) is 0.250. The van der Waals surface area contributed by atoms with E-state index in [9.17, 15) is 4.79 Å². The van der Waals surface area contributed by atoms with Crippen molar-refractivity contribution < 1.29 is 14.6 Å². The van der Waals surface area contributed by atoms with Crippen LogP contribution in [-0.4, -0.2) is 16.2 Å². The molecule has 1 rings (SSSR count). The van der Waals surface area contributed by atoms with Gasteiger partial charge in [0.1, 0.15) is 6.61 Å². The highest BCUT2D eigenvalue weighted by molar-refractivity contribution is 5.64. The van der Waals surface area contributed by atoms with Crippen molar-refractivity contribution in [2.75, 3.05) is 0 Å². The van der Waals surface area contributed by atoms with Crippen molar-refractivity contribution in [3.8, 4) is 0 Å². The van der Waals surface area contributed by atoms with Crippen LogP contribution in [0.2, 0.25) is 0 Å². The van der Waals surface area contributed by atoms with Crippen LogP contribution in [0.1, 0.15) is 11.3 Å². The van der Waals surface area contributed by atoms with E-state index in [-0.39, 0.29) is 13.2 Å². The van der Waals surface area contributed by atoms with Gasteiger partial charge in [-0.1, -0.05) is 6.07 Å². The maximum atomic E-state index is 10.3. The Hall–Kier alpha value is -1.62. The summed E-state index contributed by atoms with van der Waals surface area (Å²) in [6, 6.07) is 3.40. The van der Waals surface area contributed by atoms with Crippen LogP contribution in [0.15, 0.2) is 18.3 Å². The van der Waals surface area contributed by atoms with E-state index >= 15 is 0 Å². The third kappa shape index (κ3) is 2.72. The number of rotatable bonds is 3. The van der Waals surface area contributed by atoms with E-state index in [2.05, 4.69) is 9.72 Å². The highest BCUT2D eigenvalue weighted by Gasteiger charge is 2.03. The lowest BCUT2D eigenvalue weighted by atomic mass is 10.2. The molecular formula is C8H10N2O3. The summed E-state index contributed by atoms with van der Waals surface area (Å²) >= 11 is 0. The van der Waals surface area contributed by atoms with Crippen LogP contribution in [-0.2, 0) is 18.0 Å². The van der Waals surface area contributed by atoms with Crippen molar-refractivity contribution >= 4 is 6.09 Å². The second-order valence-electron chi connectivity index (χ2n) is 2.38. The Labute approximate surface area is 75.2 Å². The molecule has 1 amide bonds. The van der Waals surface area contributed by atoms with Crippen molar-refractivity contribution in [3.63, 3.8) is 0 Å². The minimum atomic E-state index is -0.840. The van der Waals surface area contributed by atoms with Crippen molar-refractivity contribution in [1.82, 2.24) is 4.98 Å². The summed E-state index contributed by atoms with van der Waals surface area (Å²) in [5, 5.41) is 8.85. The van der Waals surface area contributed by atoms with Gasteiger partial charge in [0.05, 0.1) is 12.3 Å². The maximum Gasteiger partial charge on any atom is 0.404 e. The fourth-order valence-electron chi connectivity index (χ4n) is 0.894. The zero-order chi connectivity index (χ0) is 9.68. The topological polar surface area (TPSA) is 85.4 Å². The zero-order valence-corrected chi connectivity index (χ0v) is 6.93. The van der Waals surface area contributed by atoms with Gasteiger partial charge in [0.25, 0.3) is 0 Å². The molecule has 1 aromatic heterocycles. The third-order valence-corrected chi connectivity index (χ3v) is 1.50. The molecule has 70 valence electrons. The lowest BCUT2D eigenvalue weighted by molar-refractivity contribution is 0.149. The number of pyridine rings is 1. The number of aromatic nitrogens is 1. The number of amides is 1. The largest absolute Gasteiger partial charge is 0.445 e. The summed E-state index contributed by atoms with van der Waals surface area (Å²) in [4.78, 5) is 14.2. The predicted octanol–water partition coefficient (Wildman–Crippen LogP) is 0.169. The Bertz CT molecular complexity index is 301. The fourth-order valence-corrected chi connectivity index (χ4v) is 0.894. The Balaban J connectivity index is 2.69. The summed E-state index contributed by atoms with van der Waals surface area (Å²) < 4.78 is 4.56. The molecule has 3 N–H and O–H groups in total. The first-order valence-corrected chi connectivity index (χ1v) is 3.70. The Morgan fingerprint density at radius 3 is 3.08 bits per heavy atom. The molecule has 0 saturated heterocycles. The van der Waals surface area contributed by atoms with Gasteiger partial charge in [-0.25, -0.2) is 4.79 Å². The molecule has 13 heavy (non-hydrogen) atoms. The van der Waals surface area contributed by atoms with Crippen LogP contribution in [0, 0.1) is 0 Å². The van der Waals surface area contributed by atoms with Gasteiger partial charge in [-0.2, -0.15) is 0 Å². The number of carbonyl (C=O) groups excluding carboxylic acids is 1. The number of carbonyl (C=O) groups is 1. The molecule has 0 atom stereocenters. The standard InChI is InChI=1S/C8H10N2O3/c9-8(12)13-5-6-2-1-3-10-7(6)4-11/h1-3,11H,4-5H2,(H2,9,12). The van der Waals surface area contributed by atoms with Gasteiger partial charge in [0, 0.05) is 11.8 Å². The first kappa shape index (κ1) is 9.47. The number of ether oxygens (including phenoxy) is 1. The van der Waals surface area contributed by atoms with Gasteiger partial charge >= 0.3 is 6.09 Å². The van der Waals surface area contributed by atoms with Gasteiger partial charge in [0.2, 0.25) is 0 Å². The molecule has 1 heterocycles. The lowest BCUT2D eigenvalue weighted by Gasteiger charge is -2.04. The van der Waals surface area contributed by atoms with E-state index in [0.29, 0.717) is 11.3 Å². The molecule has 0 aliphatic heterocycles. The quantitative estimate of drug-likeness (QED) is 0.697. The number of hydrogen-bond donors (Lipinski definition) is 2. The molecular weight excluding hydrogens is 172 g/mol. The van der Waals surface area contributed by atoms with Crippen molar-refractivity contribution in [1.29, 1.82) is 0 Å². The first-order valence-electron chi connectivity index (χ1n) is 3.70. The van der Waals surface area contributed by atoms with E-state index in [1.807, 2.05) is 0 Å². The van der Waals surface area contributed by atoms with Crippen LogP contribution in [0.25, 0.3) is 0 Å². The van der Waals surface area contributed by atoms with Gasteiger partial charge in [0.15, 0.2) is 0 Å². The average Bonchev–Trinajstić information content (AvgIpc) is 2.15. The third-order valence-electron chi connectivity index (χ3n) is 1.50. The molecule has 5 heteroatoms. The minimum Gasteiger partial charge on any atom is -0.445 e. The molecule has 0 aromatic carbocycles. The Kier molecular flexibility index (Phi) is 3.22.